The van der Waals surface area contributed by atoms with Gasteiger partial charge in [0.05, 0.1) is 13.5 Å². The molecule has 1 aromatic carbocycles. The number of rotatable bonds is 5. The van der Waals surface area contributed by atoms with Crippen molar-refractivity contribution >= 4 is 5.97 Å². The average molecular weight is 219 g/mol. The van der Waals surface area contributed by atoms with Crippen molar-refractivity contribution in [1.29, 1.82) is 0 Å². The lowest BCUT2D eigenvalue weighted by molar-refractivity contribution is -0.140. The SMILES string of the molecule is COC(=O)CCNCC1Cc2ccccc21. The molecule has 1 atom stereocenters. The Labute approximate surface area is 95.8 Å². The Bertz CT molecular complexity index is 376. The summed E-state index contributed by atoms with van der Waals surface area (Å²) in [4.78, 5) is 10.9. The van der Waals surface area contributed by atoms with Crippen molar-refractivity contribution in [3.05, 3.63) is 35.4 Å². The van der Waals surface area contributed by atoms with E-state index in [0.717, 1.165) is 13.0 Å². The van der Waals surface area contributed by atoms with Gasteiger partial charge in [-0.25, -0.2) is 0 Å². The van der Waals surface area contributed by atoms with Crippen LogP contribution in [0.15, 0.2) is 24.3 Å². The van der Waals surface area contributed by atoms with Gasteiger partial charge in [0.1, 0.15) is 0 Å². The van der Waals surface area contributed by atoms with E-state index in [1.807, 2.05) is 0 Å². The maximum absolute atomic E-state index is 10.9. The molecule has 3 nitrogen and oxygen atoms in total. The summed E-state index contributed by atoms with van der Waals surface area (Å²) in [5.41, 5.74) is 2.91. The zero-order valence-electron chi connectivity index (χ0n) is 9.53. The Morgan fingerprint density at radius 2 is 2.31 bits per heavy atom. The Balaban J connectivity index is 1.68. The fraction of sp³-hybridized carbons (Fsp3) is 0.462. The van der Waals surface area contributed by atoms with Crippen molar-refractivity contribution < 1.29 is 9.53 Å². The summed E-state index contributed by atoms with van der Waals surface area (Å²) in [5, 5.41) is 3.29. The lowest BCUT2D eigenvalue weighted by Crippen LogP contribution is -2.30. The third-order valence-corrected chi connectivity index (χ3v) is 3.09. The number of hydrogen-bond acceptors (Lipinski definition) is 3. The van der Waals surface area contributed by atoms with Crippen LogP contribution in [-0.4, -0.2) is 26.2 Å². The second-order valence-electron chi connectivity index (χ2n) is 4.13. The molecule has 0 aromatic heterocycles. The highest BCUT2D eigenvalue weighted by Crippen LogP contribution is 2.33. The number of fused-ring (bicyclic) bond motifs is 1. The molecule has 0 saturated carbocycles. The number of benzene rings is 1. The topological polar surface area (TPSA) is 38.3 Å². The average Bonchev–Trinajstić information content (AvgIpc) is 2.29. The van der Waals surface area contributed by atoms with Gasteiger partial charge < -0.3 is 10.1 Å². The van der Waals surface area contributed by atoms with Crippen LogP contribution in [0.5, 0.6) is 0 Å². The minimum absolute atomic E-state index is 0.151. The number of methoxy groups -OCH3 is 1. The summed E-state index contributed by atoms with van der Waals surface area (Å²) in [6.45, 7) is 1.65. The van der Waals surface area contributed by atoms with Crippen LogP contribution < -0.4 is 5.32 Å². The van der Waals surface area contributed by atoms with Gasteiger partial charge in [-0.1, -0.05) is 24.3 Å². The van der Waals surface area contributed by atoms with Crippen LogP contribution in [0, 0.1) is 0 Å². The van der Waals surface area contributed by atoms with Crippen molar-refractivity contribution in [2.45, 2.75) is 18.8 Å². The number of hydrogen-bond donors (Lipinski definition) is 1. The Morgan fingerprint density at radius 3 is 3.06 bits per heavy atom. The molecule has 0 heterocycles. The maximum Gasteiger partial charge on any atom is 0.306 e. The first-order chi connectivity index (χ1) is 7.81. The van der Waals surface area contributed by atoms with E-state index in [4.69, 9.17) is 0 Å². The van der Waals surface area contributed by atoms with Gasteiger partial charge in [-0.2, -0.15) is 0 Å². The maximum atomic E-state index is 10.9. The van der Waals surface area contributed by atoms with Crippen LogP contribution in [-0.2, 0) is 16.0 Å². The minimum atomic E-state index is -0.151. The number of ether oxygens (including phenoxy) is 1. The van der Waals surface area contributed by atoms with E-state index in [0.29, 0.717) is 18.9 Å². The minimum Gasteiger partial charge on any atom is -0.469 e. The summed E-state index contributed by atoms with van der Waals surface area (Å²) in [6, 6.07) is 8.53. The van der Waals surface area contributed by atoms with E-state index in [-0.39, 0.29) is 5.97 Å². The first kappa shape index (κ1) is 11.1. The molecule has 1 N–H and O–H groups in total. The molecule has 3 heteroatoms. The highest BCUT2D eigenvalue weighted by Gasteiger charge is 2.24. The molecule has 2 rings (SSSR count). The van der Waals surface area contributed by atoms with Crippen LogP contribution in [0.25, 0.3) is 0 Å². The van der Waals surface area contributed by atoms with Gasteiger partial charge in [0.2, 0.25) is 0 Å². The van der Waals surface area contributed by atoms with E-state index in [1.54, 1.807) is 0 Å². The number of nitrogens with one attached hydrogen (secondary N) is 1. The Morgan fingerprint density at radius 1 is 1.50 bits per heavy atom. The van der Waals surface area contributed by atoms with Crippen molar-refractivity contribution in [2.75, 3.05) is 20.2 Å². The molecule has 16 heavy (non-hydrogen) atoms. The van der Waals surface area contributed by atoms with Crippen molar-refractivity contribution in [3.8, 4) is 0 Å². The molecule has 0 amide bonds. The fourth-order valence-electron chi connectivity index (χ4n) is 2.11. The second-order valence-corrected chi connectivity index (χ2v) is 4.13. The van der Waals surface area contributed by atoms with Crippen molar-refractivity contribution in [2.24, 2.45) is 0 Å². The van der Waals surface area contributed by atoms with Gasteiger partial charge in [-0.05, 0) is 17.5 Å². The first-order valence-corrected chi connectivity index (χ1v) is 5.66. The number of carbonyl (C=O) groups excluding carboxylic acids is 1. The molecular formula is C13H17NO2. The molecule has 0 spiro atoms. The molecule has 86 valence electrons. The highest BCUT2D eigenvalue weighted by molar-refractivity contribution is 5.69. The van der Waals surface area contributed by atoms with Crippen LogP contribution in [0.2, 0.25) is 0 Å². The zero-order valence-corrected chi connectivity index (χ0v) is 9.53. The molecule has 1 unspecified atom stereocenters. The summed E-state index contributed by atoms with van der Waals surface area (Å²) in [5.74, 6) is 0.468. The monoisotopic (exact) mass is 219 g/mol. The lowest BCUT2D eigenvalue weighted by atomic mass is 9.77. The Hall–Kier alpha value is -1.35. The van der Waals surface area contributed by atoms with Crippen LogP contribution in [0.1, 0.15) is 23.5 Å². The predicted molar refractivity (Wildman–Crippen MR) is 62.4 cm³/mol. The molecule has 1 aromatic rings. The number of esters is 1. The van der Waals surface area contributed by atoms with Gasteiger partial charge in [-0.3, -0.25) is 4.79 Å². The van der Waals surface area contributed by atoms with E-state index in [9.17, 15) is 4.79 Å². The summed E-state index contributed by atoms with van der Waals surface area (Å²) in [6.07, 6.45) is 1.60. The highest BCUT2D eigenvalue weighted by atomic mass is 16.5. The van der Waals surface area contributed by atoms with Gasteiger partial charge in [0.25, 0.3) is 0 Å². The van der Waals surface area contributed by atoms with Crippen LogP contribution in [0.4, 0.5) is 0 Å². The van der Waals surface area contributed by atoms with Gasteiger partial charge in [-0.15, -0.1) is 0 Å². The van der Waals surface area contributed by atoms with Gasteiger partial charge >= 0.3 is 5.97 Å². The predicted octanol–water partition coefficient (Wildman–Crippen LogP) is 1.48. The van der Waals surface area contributed by atoms with Gasteiger partial charge in [0, 0.05) is 19.0 Å². The molecule has 0 aliphatic heterocycles. The van der Waals surface area contributed by atoms with Gasteiger partial charge in [0.15, 0.2) is 0 Å². The molecule has 1 aliphatic rings. The largest absolute Gasteiger partial charge is 0.469 e. The van der Waals surface area contributed by atoms with E-state index in [2.05, 4.69) is 34.3 Å². The third-order valence-electron chi connectivity index (χ3n) is 3.09. The smallest absolute Gasteiger partial charge is 0.306 e. The quantitative estimate of drug-likeness (QED) is 0.602. The van der Waals surface area contributed by atoms with Crippen LogP contribution >= 0.6 is 0 Å². The summed E-state index contributed by atoms with van der Waals surface area (Å²) >= 11 is 0. The first-order valence-electron chi connectivity index (χ1n) is 5.66. The normalized spacial score (nSPS) is 17.4. The Kier molecular flexibility index (Phi) is 3.57. The third kappa shape index (κ3) is 2.42. The molecule has 0 saturated heterocycles. The van der Waals surface area contributed by atoms with Crippen LogP contribution in [0.3, 0.4) is 0 Å². The second kappa shape index (κ2) is 5.12. The lowest BCUT2D eigenvalue weighted by Gasteiger charge is -2.30. The fourth-order valence-corrected chi connectivity index (χ4v) is 2.11. The molecule has 1 aliphatic carbocycles. The van der Waals surface area contributed by atoms with E-state index >= 15 is 0 Å². The molecule has 0 radical (unpaired) electrons. The van der Waals surface area contributed by atoms with E-state index in [1.165, 1.54) is 18.2 Å². The molecule has 0 fully saturated rings. The summed E-state index contributed by atoms with van der Waals surface area (Å²) < 4.78 is 4.57. The van der Waals surface area contributed by atoms with Crippen molar-refractivity contribution in [3.63, 3.8) is 0 Å². The van der Waals surface area contributed by atoms with E-state index < -0.39 is 0 Å². The zero-order chi connectivity index (χ0) is 11.4. The standard InChI is InChI=1S/C13H17NO2/c1-16-13(15)6-7-14-9-11-8-10-4-2-3-5-12(10)11/h2-5,11,14H,6-9H2,1H3. The molecular weight excluding hydrogens is 202 g/mol. The summed E-state index contributed by atoms with van der Waals surface area (Å²) in [7, 11) is 1.42. The van der Waals surface area contributed by atoms with Crippen molar-refractivity contribution in [1.82, 2.24) is 5.32 Å². The molecule has 0 bridgehead atoms. The number of carbonyl (C=O) groups is 1.